The highest BCUT2D eigenvalue weighted by Gasteiger charge is 2.14. The van der Waals surface area contributed by atoms with Crippen LogP contribution in [0.5, 0.6) is 0 Å². The molecule has 0 aliphatic carbocycles. The van der Waals surface area contributed by atoms with E-state index in [1.807, 2.05) is 0 Å². The monoisotopic (exact) mass is 240 g/mol. The fourth-order valence-corrected chi connectivity index (χ4v) is 1.63. The van der Waals surface area contributed by atoms with Crippen molar-refractivity contribution in [2.45, 2.75) is 5.03 Å². The molecule has 1 aromatic heterocycles. The average Bonchev–Trinajstić information content (AvgIpc) is 2.09. The van der Waals surface area contributed by atoms with Crippen LogP contribution in [0.3, 0.4) is 0 Å². The molecule has 13 heavy (non-hydrogen) atoms. The van der Waals surface area contributed by atoms with Gasteiger partial charge >= 0.3 is 0 Å². The van der Waals surface area contributed by atoms with Gasteiger partial charge in [0.05, 0.1) is 5.02 Å². The highest BCUT2D eigenvalue weighted by Crippen LogP contribution is 2.20. The first-order valence-electron chi connectivity index (χ1n) is 3.23. The van der Waals surface area contributed by atoms with E-state index in [2.05, 4.69) is 9.71 Å². The van der Waals surface area contributed by atoms with Crippen LogP contribution in [0.25, 0.3) is 0 Å². The molecule has 0 atom stereocenters. The molecule has 72 valence electrons. The van der Waals surface area contributed by atoms with Gasteiger partial charge in [0.25, 0.3) is 10.0 Å². The summed E-state index contributed by atoms with van der Waals surface area (Å²) in [7, 11) is -2.25. The van der Waals surface area contributed by atoms with Crippen molar-refractivity contribution in [1.82, 2.24) is 9.71 Å². The third-order valence-corrected chi connectivity index (χ3v) is 3.33. The van der Waals surface area contributed by atoms with Gasteiger partial charge in [-0.15, -0.1) is 0 Å². The Hall–Kier alpha value is -0.360. The number of rotatable bonds is 2. The Balaban J connectivity index is 3.27. The standard InChI is InChI=1S/C6H6Cl2N2O2S/c1-9-13(11,12)5-3-2-4(7)6(8)10-5/h2-3,9H,1H3. The molecule has 0 aliphatic heterocycles. The summed E-state index contributed by atoms with van der Waals surface area (Å²) >= 11 is 11.1. The Morgan fingerprint density at radius 3 is 2.46 bits per heavy atom. The number of hydrogen-bond donors (Lipinski definition) is 1. The number of nitrogens with one attached hydrogen (secondary N) is 1. The summed E-state index contributed by atoms with van der Waals surface area (Å²) < 4.78 is 24.5. The van der Waals surface area contributed by atoms with Crippen LogP contribution < -0.4 is 4.72 Å². The van der Waals surface area contributed by atoms with Crippen molar-refractivity contribution in [3.05, 3.63) is 22.3 Å². The zero-order chi connectivity index (χ0) is 10.1. The molecule has 1 rings (SSSR count). The number of nitrogens with zero attached hydrogens (tertiary/aromatic N) is 1. The number of halogens is 2. The van der Waals surface area contributed by atoms with Gasteiger partial charge in [-0.3, -0.25) is 0 Å². The van der Waals surface area contributed by atoms with Crippen molar-refractivity contribution in [3.8, 4) is 0 Å². The molecule has 0 aliphatic rings. The maximum Gasteiger partial charge on any atom is 0.257 e. The molecular weight excluding hydrogens is 235 g/mol. The van der Waals surface area contributed by atoms with E-state index in [0.717, 1.165) is 0 Å². The third-order valence-electron chi connectivity index (χ3n) is 1.32. The van der Waals surface area contributed by atoms with Gasteiger partial charge in [0.15, 0.2) is 5.03 Å². The molecule has 0 amide bonds. The number of aromatic nitrogens is 1. The van der Waals surface area contributed by atoms with Crippen LogP contribution in [0.15, 0.2) is 17.2 Å². The van der Waals surface area contributed by atoms with E-state index in [-0.39, 0.29) is 15.2 Å². The summed E-state index contributed by atoms with van der Waals surface area (Å²) in [6, 6.07) is 2.65. The van der Waals surface area contributed by atoms with Crippen LogP contribution >= 0.6 is 23.2 Å². The Bertz CT molecular complexity index is 419. The van der Waals surface area contributed by atoms with Gasteiger partial charge in [0, 0.05) is 0 Å². The molecule has 0 fully saturated rings. The molecule has 0 saturated heterocycles. The molecule has 0 aromatic carbocycles. The molecule has 1 N–H and O–H groups in total. The van der Waals surface area contributed by atoms with E-state index in [4.69, 9.17) is 23.2 Å². The summed E-state index contributed by atoms with van der Waals surface area (Å²) in [5, 5.41) is 0.0408. The van der Waals surface area contributed by atoms with E-state index in [1.165, 1.54) is 19.2 Å². The topological polar surface area (TPSA) is 59.1 Å². The van der Waals surface area contributed by atoms with Gasteiger partial charge in [-0.05, 0) is 19.2 Å². The lowest BCUT2D eigenvalue weighted by Crippen LogP contribution is -2.19. The van der Waals surface area contributed by atoms with Crippen molar-refractivity contribution in [3.63, 3.8) is 0 Å². The van der Waals surface area contributed by atoms with Crippen molar-refractivity contribution < 1.29 is 8.42 Å². The Morgan fingerprint density at radius 1 is 1.38 bits per heavy atom. The van der Waals surface area contributed by atoms with E-state index in [1.54, 1.807) is 0 Å². The van der Waals surface area contributed by atoms with Gasteiger partial charge in [0.2, 0.25) is 0 Å². The van der Waals surface area contributed by atoms with E-state index in [9.17, 15) is 8.42 Å². The predicted molar refractivity (Wildman–Crippen MR) is 50.5 cm³/mol. The minimum atomic E-state index is -3.54. The summed E-state index contributed by atoms with van der Waals surface area (Å²) in [4.78, 5) is 3.60. The molecule has 1 aromatic rings. The predicted octanol–water partition coefficient (Wildman–Crippen LogP) is 1.30. The lowest BCUT2D eigenvalue weighted by atomic mass is 10.5. The van der Waals surface area contributed by atoms with Gasteiger partial charge in [0.1, 0.15) is 5.15 Å². The second-order valence-electron chi connectivity index (χ2n) is 2.13. The summed E-state index contributed by atoms with van der Waals surface area (Å²) in [5.41, 5.74) is 0. The second kappa shape index (κ2) is 3.79. The normalized spacial score (nSPS) is 11.6. The Kier molecular flexibility index (Phi) is 3.13. The first-order chi connectivity index (χ1) is 5.97. The van der Waals surface area contributed by atoms with Gasteiger partial charge in [-0.2, -0.15) is 0 Å². The van der Waals surface area contributed by atoms with Crippen LogP contribution in [0, 0.1) is 0 Å². The Labute approximate surface area is 85.9 Å². The van der Waals surface area contributed by atoms with Crippen LogP contribution in [0.1, 0.15) is 0 Å². The Morgan fingerprint density at radius 2 is 2.00 bits per heavy atom. The third kappa shape index (κ3) is 2.31. The highest BCUT2D eigenvalue weighted by atomic mass is 35.5. The van der Waals surface area contributed by atoms with Crippen LogP contribution in [0.4, 0.5) is 0 Å². The summed E-state index contributed by atoms with van der Waals surface area (Å²) in [6.07, 6.45) is 0. The second-order valence-corrected chi connectivity index (χ2v) is 4.73. The van der Waals surface area contributed by atoms with Gasteiger partial charge in [-0.25, -0.2) is 18.1 Å². The number of hydrogen-bond acceptors (Lipinski definition) is 3. The average molecular weight is 241 g/mol. The van der Waals surface area contributed by atoms with Crippen molar-refractivity contribution >= 4 is 33.2 Å². The number of pyridine rings is 1. The van der Waals surface area contributed by atoms with E-state index in [0.29, 0.717) is 0 Å². The molecule has 0 radical (unpaired) electrons. The quantitative estimate of drug-likeness (QED) is 0.794. The maximum absolute atomic E-state index is 11.2. The molecular formula is C6H6Cl2N2O2S. The van der Waals surface area contributed by atoms with E-state index >= 15 is 0 Å². The van der Waals surface area contributed by atoms with E-state index < -0.39 is 10.0 Å². The van der Waals surface area contributed by atoms with Crippen LogP contribution in [-0.2, 0) is 10.0 Å². The molecule has 4 nitrogen and oxygen atoms in total. The molecule has 0 spiro atoms. The minimum absolute atomic E-state index is 0.0296. The summed E-state index contributed by atoms with van der Waals surface area (Å²) in [6.45, 7) is 0. The van der Waals surface area contributed by atoms with Gasteiger partial charge < -0.3 is 0 Å². The largest absolute Gasteiger partial charge is 0.257 e. The molecule has 0 bridgehead atoms. The molecule has 1 heterocycles. The summed E-state index contributed by atoms with van der Waals surface area (Å²) in [5.74, 6) is 0. The minimum Gasteiger partial charge on any atom is -0.221 e. The molecule has 0 saturated carbocycles. The van der Waals surface area contributed by atoms with Crippen LogP contribution in [0.2, 0.25) is 10.2 Å². The zero-order valence-corrected chi connectivity index (χ0v) is 8.91. The fourth-order valence-electron chi connectivity index (χ4n) is 0.655. The number of sulfonamides is 1. The van der Waals surface area contributed by atoms with Crippen molar-refractivity contribution in [2.75, 3.05) is 7.05 Å². The first kappa shape index (κ1) is 10.7. The first-order valence-corrected chi connectivity index (χ1v) is 5.47. The molecule has 0 unspecified atom stereocenters. The fraction of sp³-hybridized carbons (Fsp3) is 0.167. The smallest absolute Gasteiger partial charge is 0.221 e. The zero-order valence-electron chi connectivity index (χ0n) is 6.58. The van der Waals surface area contributed by atoms with Crippen molar-refractivity contribution in [2.24, 2.45) is 0 Å². The van der Waals surface area contributed by atoms with Gasteiger partial charge in [-0.1, -0.05) is 23.2 Å². The maximum atomic E-state index is 11.2. The lowest BCUT2D eigenvalue weighted by molar-refractivity contribution is 0.584. The molecule has 7 heteroatoms. The highest BCUT2D eigenvalue weighted by molar-refractivity contribution is 7.89. The SMILES string of the molecule is CNS(=O)(=O)c1ccc(Cl)c(Cl)n1. The van der Waals surface area contributed by atoms with Crippen molar-refractivity contribution in [1.29, 1.82) is 0 Å². The van der Waals surface area contributed by atoms with Crippen LogP contribution in [-0.4, -0.2) is 20.4 Å². The lowest BCUT2D eigenvalue weighted by Gasteiger charge is -2.01.